The van der Waals surface area contributed by atoms with Crippen LogP contribution in [0.15, 0.2) is 0 Å². The lowest BCUT2D eigenvalue weighted by molar-refractivity contribution is -0.102. The molecule has 0 aromatic carbocycles. The van der Waals surface area contributed by atoms with Crippen molar-refractivity contribution in [1.29, 1.82) is 5.26 Å². The number of aliphatic hydroxyl groups is 1. The summed E-state index contributed by atoms with van der Waals surface area (Å²) in [5, 5.41) is 18.6. The van der Waals surface area contributed by atoms with Crippen molar-refractivity contribution in [2.24, 2.45) is 0 Å². The number of nitriles is 1. The van der Waals surface area contributed by atoms with E-state index in [1.807, 2.05) is 0 Å². The predicted octanol–water partition coefficient (Wildman–Crippen LogP) is 1.24. The van der Waals surface area contributed by atoms with E-state index in [4.69, 9.17) is 9.47 Å². The highest BCUT2D eigenvalue weighted by Gasteiger charge is 2.34. The number of aliphatic hydroxyl groups excluding tert-OH is 1. The second-order valence-electron chi connectivity index (χ2n) is 4.14. The van der Waals surface area contributed by atoms with Gasteiger partial charge in [-0.1, -0.05) is 0 Å². The van der Waals surface area contributed by atoms with Crippen molar-refractivity contribution in [2.45, 2.75) is 50.9 Å². The first-order chi connectivity index (χ1) is 7.09. The molecule has 0 radical (unpaired) electrons. The van der Waals surface area contributed by atoms with Crippen LogP contribution in [0.5, 0.6) is 0 Å². The van der Waals surface area contributed by atoms with Gasteiger partial charge in [-0.25, -0.2) is 0 Å². The first kappa shape index (κ1) is 12.4. The maximum Gasteiger partial charge on any atom is 0.157 e. The van der Waals surface area contributed by atoms with Gasteiger partial charge in [0.25, 0.3) is 0 Å². The molecule has 0 amide bonds. The predicted molar refractivity (Wildman–Crippen MR) is 55.2 cm³/mol. The zero-order valence-corrected chi connectivity index (χ0v) is 9.40. The molecular formula is C11H19NO3. The molecule has 1 aliphatic rings. The molecule has 15 heavy (non-hydrogen) atoms. The molecule has 1 saturated heterocycles. The summed E-state index contributed by atoms with van der Waals surface area (Å²) in [6.07, 6.45) is 1.23. The SMILES string of the molecule is CC(O)C(C)OC1(C#N)CCCOCC1. The molecule has 1 aliphatic heterocycles. The molecule has 86 valence electrons. The average molecular weight is 213 g/mol. The van der Waals surface area contributed by atoms with Crippen LogP contribution in [0.3, 0.4) is 0 Å². The van der Waals surface area contributed by atoms with E-state index < -0.39 is 11.7 Å². The lowest BCUT2D eigenvalue weighted by Gasteiger charge is -2.29. The van der Waals surface area contributed by atoms with Crippen LogP contribution >= 0.6 is 0 Å². The van der Waals surface area contributed by atoms with E-state index in [0.29, 0.717) is 26.1 Å². The van der Waals surface area contributed by atoms with Gasteiger partial charge in [0.05, 0.1) is 24.9 Å². The van der Waals surface area contributed by atoms with Gasteiger partial charge in [0.2, 0.25) is 0 Å². The largest absolute Gasteiger partial charge is 0.391 e. The van der Waals surface area contributed by atoms with Crippen molar-refractivity contribution >= 4 is 0 Å². The topological polar surface area (TPSA) is 62.5 Å². The van der Waals surface area contributed by atoms with E-state index >= 15 is 0 Å². The summed E-state index contributed by atoms with van der Waals surface area (Å²) in [7, 11) is 0. The summed E-state index contributed by atoms with van der Waals surface area (Å²) in [5.41, 5.74) is -0.771. The van der Waals surface area contributed by atoms with Crippen molar-refractivity contribution in [1.82, 2.24) is 0 Å². The van der Waals surface area contributed by atoms with Crippen LogP contribution in [0.1, 0.15) is 33.1 Å². The minimum Gasteiger partial charge on any atom is -0.391 e. The molecule has 3 unspecified atom stereocenters. The molecule has 0 bridgehead atoms. The highest BCUT2D eigenvalue weighted by Crippen LogP contribution is 2.27. The third-order valence-electron chi connectivity index (χ3n) is 2.81. The summed E-state index contributed by atoms with van der Waals surface area (Å²) >= 11 is 0. The number of rotatable bonds is 3. The van der Waals surface area contributed by atoms with Crippen molar-refractivity contribution in [2.75, 3.05) is 13.2 Å². The highest BCUT2D eigenvalue weighted by molar-refractivity contribution is 5.03. The lowest BCUT2D eigenvalue weighted by Crippen LogP contribution is -2.38. The maximum absolute atomic E-state index is 9.37. The van der Waals surface area contributed by atoms with Crippen LogP contribution in [0.4, 0.5) is 0 Å². The van der Waals surface area contributed by atoms with E-state index in [9.17, 15) is 10.4 Å². The van der Waals surface area contributed by atoms with E-state index in [-0.39, 0.29) is 6.10 Å². The standard InChI is InChI=1S/C11H19NO3/c1-9(13)10(2)15-11(8-12)4-3-6-14-7-5-11/h9-10,13H,3-7H2,1-2H3. The Morgan fingerprint density at radius 3 is 2.73 bits per heavy atom. The van der Waals surface area contributed by atoms with Crippen LogP contribution < -0.4 is 0 Å². The molecule has 1 rings (SSSR count). The van der Waals surface area contributed by atoms with Crippen molar-refractivity contribution in [3.05, 3.63) is 0 Å². The van der Waals surface area contributed by atoms with Crippen LogP contribution in [0, 0.1) is 11.3 Å². The minimum atomic E-state index is -0.771. The molecule has 0 aromatic rings. The summed E-state index contributed by atoms with van der Waals surface area (Å²) < 4.78 is 11.0. The normalized spacial score (nSPS) is 31.3. The Morgan fingerprint density at radius 1 is 1.40 bits per heavy atom. The second kappa shape index (κ2) is 5.45. The smallest absolute Gasteiger partial charge is 0.157 e. The number of ether oxygens (including phenoxy) is 2. The van der Waals surface area contributed by atoms with Gasteiger partial charge in [0, 0.05) is 13.0 Å². The monoisotopic (exact) mass is 213 g/mol. The first-order valence-corrected chi connectivity index (χ1v) is 5.44. The van der Waals surface area contributed by atoms with Crippen molar-refractivity contribution in [3.8, 4) is 6.07 Å². The van der Waals surface area contributed by atoms with Crippen LogP contribution in [0.2, 0.25) is 0 Å². The third kappa shape index (κ3) is 3.45. The molecular weight excluding hydrogens is 194 g/mol. The molecule has 1 fully saturated rings. The van der Waals surface area contributed by atoms with Crippen LogP contribution in [-0.4, -0.2) is 36.1 Å². The van der Waals surface area contributed by atoms with E-state index in [1.165, 1.54) is 0 Å². The minimum absolute atomic E-state index is 0.317. The van der Waals surface area contributed by atoms with Crippen molar-refractivity contribution in [3.63, 3.8) is 0 Å². The fourth-order valence-electron chi connectivity index (χ4n) is 1.63. The fourth-order valence-corrected chi connectivity index (χ4v) is 1.63. The molecule has 4 nitrogen and oxygen atoms in total. The van der Waals surface area contributed by atoms with Crippen LogP contribution in [-0.2, 0) is 9.47 Å². The Morgan fingerprint density at radius 2 is 2.13 bits per heavy atom. The summed E-state index contributed by atoms with van der Waals surface area (Å²) in [6.45, 7) is 4.70. The van der Waals surface area contributed by atoms with Gasteiger partial charge >= 0.3 is 0 Å². The van der Waals surface area contributed by atoms with Gasteiger partial charge in [0.15, 0.2) is 5.60 Å². The molecule has 1 heterocycles. The zero-order valence-electron chi connectivity index (χ0n) is 9.40. The molecule has 1 N–H and O–H groups in total. The van der Waals surface area contributed by atoms with E-state index in [1.54, 1.807) is 13.8 Å². The molecule has 0 spiro atoms. The zero-order chi connectivity index (χ0) is 11.3. The molecule has 0 aliphatic carbocycles. The van der Waals surface area contributed by atoms with Gasteiger partial charge in [-0.3, -0.25) is 0 Å². The number of hydrogen-bond acceptors (Lipinski definition) is 4. The van der Waals surface area contributed by atoms with Gasteiger partial charge in [-0.05, 0) is 26.7 Å². The van der Waals surface area contributed by atoms with Gasteiger partial charge in [-0.15, -0.1) is 0 Å². The van der Waals surface area contributed by atoms with Crippen molar-refractivity contribution < 1.29 is 14.6 Å². The Balaban J connectivity index is 2.62. The quantitative estimate of drug-likeness (QED) is 0.766. The van der Waals surface area contributed by atoms with Gasteiger partial charge in [-0.2, -0.15) is 5.26 Å². The Hall–Kier alpha value is -0.630. The Bertz CT molecular complexity index is 226. The lowest BCUT2D eigenvalue weighted by atomic mass is 9.96. The summed E-state index contributed by atoms with van der Waals surface area (Å²) in [4.78, 5) is 0. The maximum atomic E-state index is 9.37. The molecule has 3 atom stereocenters. The molecule has 0 aromatic heterocycles. The third-order valence-corrected chi connectivity index (χ3v) is 2.81. The number of hydrogen-bond donors (Lipinski definition) is 1. The van der Waals surface area contributed by atoms with E-state index in [2.05, 4.69) is 6.07 Å². The Kier molecular flexibility index (Phi) is 4.52. The van der Waals surface area contributed by atoms with E-state index in [0.717, 1.165) is 6.42 Å². The van der Waals surface area contributed by atoms with Gasteiger partial charge < -0.3 is 14.6 Å². The average Bonchev–Trinajstić information content (AvgIpc) is 2.44. The summed E-state index contributed by atoms with van der Waals surface area (Å²) in [5.74, 6) is 0. The Labute approximate surface area is 90.8 Å². The second-order valence-corrected chi connectivity index (χ2v) is 4.14. The van der Waals surface area contributed by atoms with Crippen LogP contribution in [0.25, 0.3) is 0 Å². The number of nitrogens with zero attached hydrogens (tertiary/aromatic N) is 1. The van der Waals surface area contributed by atoms with Gasteiger partial charge in [0.1, 0.15) is 0 Å². The molecule has 4 heteroatoms. The fraction of sp³-hybridized carbons (Fsp3) is 0.909. The first-order valence-electron chi connectivity index (χ1n) is 5.44. The molecule has 0 saturated carbocycles. The highest BCUT2D eigenvalue weighted by atomic mass is 16.5. The summed E-state index contributed by atoms with van der Waals surface area (Å²) in [6, 6.07) is 2.23.